The highest BCUT2D eigenvalue weighted by Gasteiger charge is 2.40. The van der Waals surface area contributed by atoms with Crippen LogP contribution in [0.1, 0.15) is 44.2 Å². The molecule has 6 heteroatoms. The van der Waals surface area contributed by atoms with Crippen LogP contribution in [0.2, 0.25) is 0 Å². The number of para-hydroxylation sites is 1. The van der Waals surface area contributed by atoms with Crippen molar-refractivity contribution in [2.24, 2.45) is 0 Å². The summed E-state index contributed by atoms with van der Waals surface area (Å²) in [5.41, 5.74) is 3.14. The van der Waals surface area contributed by atoms with Crippen LogP contribution in [0.15, 0.2) is 18.2 Å². The van der Waals surface area contributed by atoms with E-state index in [4.69, 9.17) is 9.47 Å². The van der Waals surface area contributed by atoms with Gasteiger partial charge in [-0.25, -0.2) is 0 Å². The van der Waals surface area contributed by atoms with Gasteiger partial charge in [0.15, 0.2) is 5.79 Å². The van der Waals surface area contributed by atoms with Gasteiger partial charge in [-0.3, -0.25) is 9.59 Å². The maximum atomic E-state index is 12.7. The van der Waals surface area contributed by atoms with Crippen LogP contribution in [0, 0.1) is 6.92 Å². The van der Waals surface area contributed by atoms with E-state index in [0.717, 1.165) is 23.2 Å². The molecule has 1 spiro atoms. The molecule has 0 bridgehead atoms. The third kappa shape index (κ3) is 4.33. The first-order valence-electron chi connectivity index (χ1n) is 9.88. The minimum atomic E-state index is -0.473. The Morgan fingerprint density at radius 3 is 2.44 bits per heavy atom. The molecule has 27 heavy (non-hydrogen) atoms. The van der Waals surface area contributed by atoms with Gasteiger partial charge in [0.25, 0.3) is 0 Å². The Morgan fingerprint density at radius 1 is 1.19 bits per heavy atom. The molecule has 0 aliphatic carbocycles. The van der Waals surface area contributed by atoms with E-state index in [-0.39, 0.29) is 11.8 Å². The number of piperidine rings is 1. The fraction of sp³-hybridized carbons (Fsp3) is 0.619. The topological polar surface area (TPSA) is 59.1 Å². The number of anilines is 1. The summed E-state index contributed by atoms with van der Waals surface area (Å²) in [7, 11) is 0. The third-order valence-electron chi connectivity index (χ3n) is 5.59. The Labute approximate surface area is 161 Å². The SMILES string of the molecule is CCc1cccc(C)c1N(CCC(=O)N1CCC2(CC1)OCCO2)C(C)=O. The monoisotopic (exact) mass is 374 g/mol. The normalized spacial score (nSPS) is 18.7. The molecule has 0 unspecified atom stereocenters. The molecule has 0 aromatic heterocycles. The van der Waals surface area contributed by atoms with Gasteiger partial charge >= 0.3 is 0 Å². The lowest BCUT2D eigenvalue weighted by Gasteiger charge is -2.37. The maximum Gasteiger partial charge on any atom is 0.224 e. The molecule has 2 aliphatic rings. The minimum absolute atomic E-state index is 0.0304. The molecule has 2 heterocycles. The number of hydrogen-bond acceptors (Lipinski definition) is 4. The number of ether oxygens (including phenoxy) is 2. The number of hydrogen-bond donors (Lipinski definition) is 0. The number of carbonyl (C=O) groups excluding carboxylic acids is 2. The van der Waals surface area contributed by atoms with E-state index >= 15 is 0 Å². The van der Waals surface area contributed by atoms with Gasteiger partial charge in [-0.15, -0.1) is 0 Å². The van der Waals surface area contributed by atoms with Gasteiger partial charge in [-0.2, -0.15) is 0 Å². The number of rotatable bonds is 5. The molecule has 0 saturated carbocycles. The zero-order valence-electron chi connectivity index (χ0n) is 16.6. The second-order valence-electron chi connectivity index (χ2n) is 7.35. The third-order valence-corrected chi connectivity index (χ3v) is 5.59. The molecular formula is C21H30N2O4. The second-order valence-corrected chi connectivity index (χ2v) is 7.35. The first-order valence-corrected chi connectivity index (χ1v) is 9.88. The van der Waals surface area contributed by atoms with Gasteiger partial charge in [0.1, 0.15) is 0 Å². The number of amides is 2. The Balaban J connectivity index is 1.62. The minimum Gasteiger partial charge on any atom is -0.347 e. The van der Waals surface area contributed by atoms with Crippen LogP contribution in [0.4, 0.5) is 5.69 Å². The van der Waals surface area contributed by atoms with Crippen LogP contribution >= 0.6 is 0 Å². The molecule has 0 N–H and O–H groups in total. The highest BCUT2D eigenvalue weighted by molar-refractivity contribution is 5.94. The van der Waals surface area contributed by atoms with Crippen LogP contribution in [0.3, 0.4) is 0 Å². The van der Waals surface area contributed by atoms with E-state index in [1.54, 1.807) is 11.8 Å². The summed E-state index contributed by atoms with van der Waals surface area (Å²) < 4.78 is 11.4. The van der Waals surface area contributed by atoms with Crippen LogP contribution < -0.4 is 4.90 Å². The van der Waals surface area contributed by atoms with Crippen LogP contribution in [-0.4, -0.2) is 55.3 Å². The number of carbonyl (C=O) groups is 2. The summed E-state index contributed by atoms with van der Waals surface area (Å²) in [6.45, 7) is 8.62. The van der Waals surface area contributed by atoms with Crippen molar-refractivity contribution in [2.75, 3.05) is 37.7 Å². The van der Waals surface area contributed by atoms with Crippen molar-refractivity contribution in [3.8, 4) is 0 Å². The lowest BCUT2D eigenvalue weighted by atomic mass is 10.0. The van der Waals surface area contributed by atoms with Gasteiger partial charge in [-0.1, -0.05) is 25.1 Å². The van der Waals surface area contributed by atoms with Crippen molar-refractivity contribution < 1.29 is 19.1 Å². The smallest absolute Gasteiger partial charge is 0.224 e. The largest absolute Gasteiger partial charge is 0.347 e. The number of nitrogens with zero attached hydrogens (tertiary/aromatic N) is 2. The number of aryl methyl sites for hydroxylation is 2. The Morgan fingerprint density at radius 2 is 1.85 bits per heavy atom. The quantitative estimate of drug-likeness (QED) is 0.795. The summed E-state index contributed by atoms with van der Waals surface area (Å²) in [5.74, 6) is -0.419. The van der Waals surface area contributed by atoms with Crippen molar-refractivity contribution in [1.82, 2.24) is 4.90 Å². The molecule has 2 saturated heterocycles. The maximum absolute atomic E-state index is 12.7. The summed E-state index contributed by atoms with van der Waals surface area (Å²) in [6.07, 6.45) is 2.61. The zero-order chi connectivity index (χ0) is 19.4. The first kappa shape index (κ1) is 19.8. The highest BCUT2D eigenvalue weighted by Crippen LogP contribution is 2.31. The Hall–Kier alpha value is -1.92. The first-order chi connectivity index (χ1) is 13.0. The van der Waals surface area contributed by atoms with Crippen LogP contribution in [0.25, 0.3) is 0 Å². The van der Waals surface area contributed by atoms with Crippen LogP contribution in [0.5, 0.6) is 0 Å². The standard InChI is InChI=1S/C21H30N2O4/c1-4-18-7-5-6-16(2)20(18)23(17(3)24)11-8-19(25)22-12-9-21(10-13-22)26-14-15-27-21/h5-7H,4,8-15H2,1-3H3. The Bertz CT molecular complexity index is 687. The average molecular weight is 374 g/mol. The van der Waals surface area contributed by atoms with E-state index in [2.05, 4.69) is 6.92 Å². The van der Waals surface area contributed by atoms with Gasteiger partial charge in [0, 0.05) is 51.5 Å². The molecule has 0 atom stereocenters. The molecule has 6 nitrogen and oxygen atoms in total. The Kier molecular flexibility index (Phi) is 6.17. The van der Waals surface area contributed by atoms with E-state index in [0.29, 0.717) is 52.1 Å². The molecule has 2 fully saturated rings. The number of likely N-dealkylation sites (tertiary alicyclic amines) is 1. The van der Waals surface area contributed by atoms with E-state index in [1.165, 1.54) is 0 Å². The zero-order valence-corrected chi connectivity index (χ0v) is 16.6. The molecule has 0 radical (unpaired) electrons. The van der Waals surface area contributed by atoms with Crippen molar-refractivity contribution in [2.45, 2.75) is 52.2 Å². The average Bonchev–Trinajstić information content (AvgIpc) is 3.11. The van der Waals surface area contributed by atoms with Gasteiger partial charge < -0.3 is 19.3 Å². The summed E-state index contributed by atoms with van der Waals surface area (Å²) in [4.78, 5) is 28.6. The van der Waals surface area contributed by atoms with Crippen molar-refractivity contribution >= 4 is 17.5 Å². The fourth-order valence-electron chi connectivity index (χ4n) is 4.07. The summed E-state index contributed by atoms with van der Waals surface area (Å²) >= 11 is 0. The molecule has 2 amide bonds. The second kappa shape index (κ2) is 8.40. The highest BCUT2D eigenvalue weighted by atomic mass is 16.7. The van der Waals surface area contributed by atoms with Gasteiger partial charge in [0.05, 0.1) is 13.2 Å². The molecule has 3 rings (SSSR count). The molecule has 148 valence electrons. The molecule has 2 aliphatic heterocycles. The number of benzene rings is 1. The molecular weight excluding hydrogens is 344 g/mol. The lowest BCUT2D eigenvalue weighted by molar-refractivity contribution is -0.187. The predicted molar refractivity (Wildman–Crippen MR) is 104 cm³/mol. The van der Waals surface area contributed by atoms with Crippen LogP contribution in [-0.2, 0) is 25.5 Å². The summed E-state index contributed by atoms with van der Waals surface area (Å²) in [6, 6.07) is 6.07. The predicted octanol–water partition coefficient (Wildman–Crippen LogP) is 2.67. The fourth-order valence-corrected chi connectivity index (χ4v) is 4.07. The van der Waals surface area contributed by atoms with Gasteiger partial charge in [0.2, 0.25) is 11.8 Å². The van der Waals surface area contributed by atoms with E-state index in [9.17, 15) is 9.59 Å². The van der Waals surface area contributed by atoms with Gasteiger partial charge in [-0.05, 0) is 24.5 Å². The van der Waals surface area contributed by atoms with Crippen molar-refractivity contribution in [3.63, 3.8) is 0 Å². The van der Waals surface area contributed by atoms with Crippen molar-refractivity contribution in [1.29, 1.82) is 0 Å². The van der Waals surface area contributed by atoms with E-state index in [1.807, 2.05) is 30.0 Å². The van der Waals surface area contributed by atoms with Crippen molar-refractivity contribution in [3.05, 3.63) is 29.3 Å². The summed E-state index contributed by atoms with van der Waals surface area (Å²) in [5, 5.41) is 0. The lowest BCUT2D eigenvalue weighted by Crippen LogP contribution is -2.48. The molecule has 1 aromatic carbocycles. The molecule has 1 aromatic rings. The van der Waals surface area contributed by atoms with E-state index < -0.39 is 5.79 Å².